The summed E-state index contributed by atoms with van der Waals surface area (Å²) in [6, 6.07) is -0.149. The van der Waals surface area contributed by atoms with Crippen LogP contribution >= 0.6 is 0 Å². The molecule has 1 amide bonds. The average Bonchev–Trinajstić information content (AvgIpc) is 2.60. The highest BCUT2D eigenvalue weighted by Crippen LogP contribution is 2.07. The summed E-state index contributed by atoms with van der Waals surface area (Å²) >= 11 is 0. The van der Waals surface area contributed by atoms with Crippen molar-refractivity contribution < 1.29 is 9.53 Å². The highest BCUT2D eigenvalue weighted by atomic mass is 16.6. The summed E-state index contributed by atoms with van der Waals surface area (Å²) in [5.41, 5.74) is 6.17. The zero-order valence-corrected chi connectivity index (χ0v) is 11.4. The van der Waals surface area contributed by atoms with Gasteiger partial charge in [-0.15, -0.1) is 0 Å². The molecular weight excluding hydrogens is 232 g/mol. The van der Waals surface area contributed by atoms with Crippen LogP contribution in [0.3, 0.4) is 0 Å². The van der Waals surface area contributed by atoms with Gasteiger partial charge < -0.3 is 15.8 Å². The molecule has 0 aliphatic heterocycles. The van der Waals surface area contributed by atoms with Gasteiger partial charge >= 0.3 is 6.09 Å². The first-order chi connectivity index (χ1) is 8.30. The maximum Gasteiger partial charge on any atom is 0.407 e. The van der Waals surface area contributed by atoms with Crippen LogP contribution in [-0.4, -0.2) is 34.1 Å². The molecular formula is C12H22N4O2. The second-order valence-electron chi connectivity index (χ2n) is 5.31. The molecule has 1 atom stereocenters. The molecule has 18 heavy (non-hydrogen) atoms. The SMILES string of the molecule is Cn1cc(CC(CN)NC(=O)OC(C)(C)C)cn1. The molecule has 3 N–H and O–H groups in total. The van der Waals surface area contributed by atoms with Gasteiger partial charge in [0.1, 0.15) is 5.60 Å². The Bertz CT molecular complexity index is 395. The number of carbonyl (C=O) groups is 1. The van der Waals surface area contributed by atoms with Crippen molar-refractivity contribution in [1.82, 2.24) is 15.1 Å². The summed E-state index contributed by atoms with van der Waals surface area (Å²) in [5, 5.41) is 6.83. The molecule has 0 fully saturated rings. The topological polar surface area (TPSA) is 82.2 Å². The molecule has 6 nitrogen and oxygen atoms in total. The lowest BCUT2D eigenvalue weighted by atomic mass is 10.1. The zero-order valence-electron chi connectivity index (χ0n) is 11.4. The molecule has 0 saturated carbocycles. The van der Waals surface area contributed by atoms with Gasteiger partial charge in [-0.05, 0) is 32.8 Å². The number of hydrogen-bond acceptors (Lipinski definition) is 4. The van der Waals surface area contributed by atoms with Gasteiger partial charge in [0, 0.05) is 25.8 Å². The minimum atomic E-state index is -0.502. The van der Waals surface area contributed by atoms with Crippen LogP contribution in [0.15, 0.2) is 12.4 Å². The van der Waals surface area contributed by atoms with E-state index in [1.54, 1.807) is 10.9 Å². The largest absolute Gasteiger partial charge is 0.444 e. The summed E-state index contributed by atoms with van der Waals surface area (Å²) in [6.07, 6.45) is 3.87. The van der Waals surface area contributed by atoms with Crippen LogP contribution < -0.4 is 11.1 Å². The van der Waals surface area contributed by atoms with Gasteiger partial charge in [-0.25, -0.2) is 4.79 Å². The van der Waals surface area contributed by atoms with E-state index in [0.29, 0.717) is 13.0 Å². The molecule has 0 aliphatic rings. The molecule has 6 heteroatoms. The van der Waals surface area contributed by atoms with E-state index >= 15 is 0 Å². The van der Waals surface area contributed by atoms with E-state index in [0.717, 1.165) is 5.56 Å². The molecule has 102 valence electrons. The lowest BCUT2D eigenvalue weighted by Crippen LogP contribution is -2.44. The molecule has 1 unspecified atom stereocenters. The Hall–Kier alpha value is -1.56. The lowest BCUT2D eigenvalue weighted by molar-refractivity contribution is 0.0506. The fourth-order valence-corrected chi connectivity index (χ4v) is 1.53. The fourth-order valence-electron chi connectivity index (χ4n) is 1.53. The van der Waals surface area contributed by atoms with Crippen molar-refractivity contribution >= 4 is 6.09 Å². The van der Waals surface area contributed by atoms with Crippen LogP contribution in [0.2, 0.25) is 0 Å². The first-order valence-corrected chi connectivity index (χ1v) is 5.97. The summed E-state index contributed by atoms with van der Waals surface area (Å²) < 4.78 is 6.91. The van der Waals surface area contributed by atoms with Crippen molar-refractivity contribution in [1.29, 1.82) is 0 Å². The fraction of sp³-hybridized carbons (Fsp3) is 0.667. The van der Waals surface area contributed by atoms with Crippen molar-refractivity contribution in [2.45, 2.75) is 38.8 Å². The zero-order chi connectivity index (χ0) is 13.8. The number of nitrogens with one attached hydrogen (secondary N) is 1. The van der Waals surface area contributed by atoms with Gasteiger partial charge in [0.05, 0.1) is 6.20 Å². The maximum absolute atomic E-state index is 11.6. The minimum absolute atomic E-state index is 0.149. The molecule has 1 aromatic rings. The molecule has 0 spiro atoms. The third-order valence-electron chi connectivity index (χ3n) is 2.25. The summed E-state index contributed by atoms with van der Waals surface area (Å²) in [7, 11) is 1.85. The van der Waals surface area contributed by atoms with E-state index in [1.807, 2.05) is 34.0 Å². The van der Waals surface area contributed by atoms with E-state index in [-0.39, 0.29) is 6.04 Å². The van der Waals surface area contributed by atoms with Crippen LogP contribution in [0.25, 0.3) is 0 Å². The van der Waals surface area contributed by atoms with Gasteiger partial charge in [0.25, 0.3) is 0 Å². The van der Waals surface area contributed by atoms with Gasteiger partial charge in [0.15, 0.2) is 0 Å². The predicted octanol–water partition coefficient (Wildman–Crippen LogP) is 0.815. The first-order valence-electron chi connectivity index (χ1n) is 5.97. The summed E-state index contributed by atoms with van der Waals surface area (Å²) in [4.78, 5) is 11.6. The second-order valence-corrected chi connectivity index (χ2v) is 5.31. The Kier molecular flexibility index (Phi) is 4.72. The Morgan fingerprint density at radius 2 is 2.28 bits per heavy atom. The smallest absolute Gasteiger partial charge is 0.407 e. The quantitative estimate of drug-likeness (QED) is 0.833. The van der Waals surface area contributed by atoms with Crippen molar-refractivity contribution in [3.8, 4) is 0 Å². The van der Waals surface area contributed by atoms with E-state index in [2.05, 4.69) is 10.4 Å². The van der Waals surface area contributed by atoms with Gasteiger partial charge in [-0.3, -0.25) is 4.68 Å². The molecule has 1 heterocycles. The summed E-state index contributed by atoms with van der Waals surface area (Å²) in [6.45, 7) is 5.83. The number of nitrogens with two attached hydrogens (primary N) is 1. The maximum atomic E-state index is 11.6. The Labute approximate surface area is 107 Å². The predicted molar refractivity (Wildman–Crippen MR) is 69.1 cm³/mol. The Balaban J connectivity index is 2.49. The van der Waals surface area contributed by atoms with Crippen molar-refractivity contribution in [3.63, 3.8) is 0 Å². The summed E-state index contributed by atoms with van der Waals surface area (Å²) in [5.74, 6) is 0. The number of hydrogen-bond donors (Lipinski definition) is 2. The van der Waals surface area contributed by atoms with Crippen molar-refractivity contribution in [3.05, 3.63) is 18.0 Å². The van der Waals surface area contributed by atoms with E-state index < -0.39 is 11.7 Å². The van der Waals surface area contributed by atoms with Crippen LogP contribution in [-0.2, 0) is 18.2 Å². The van der Waals surface area contributed by atoms with Gasteiger partial charge in [-0.1, -0.05) is 0 Å². The number of aromatic nitrogens is 2. The van der Waals surface area contributed by atoms with Crippen molar-refractivity contribution in [2.24, 2.45) is 12.8 Å². The third-order valence-corrected chi connectivity index (χ3v) is 2.25. The van der Waals surface area contributed by atoms with E-state index in [1.165, 1.54) is 0 Å². The normalized spacial score (nSPS) is 13.2. The number of ether oxygens (including phenoxy) is 1. The van der Waals surface area contributed by atoms with Gasteiger partial charge in [0.2, 0.25) is 0 Å². The molecule has 0 aromatic carbocycles. The number of carbonyl (C=O) groups excluding carboxylic acids is 1. The molecule has 0 bridgehead atoms. The molecule has 1 rings (SSSR count). The van der Waals surface area contributed by atoms with E-state index in [9.17, 15) is 4.79 Å². The molecule has 1 aromatic heterocycles. The second kappa shape index (κ2) is 5.86. The highest BCUT2D eigenvalue weighted by molar-refractivity contribution is 5.68. The highest BCUT2D eigenvalue weighted by Gasteiger charge is 2.19. The third kappa shape index (κ3) is 5.18. The number of aryl methyl sites for hydroxylation is 1. The average molecular weight is 254 g/mol. The van der Waals surface area contributed by atoms with Crippen LogP contribution in [0.5, 0.6) is 0 Å². The minimum Gasteiger partial charge on any atom is -0.444 e. The Morgan fingerprint density at radius 3 is 2.72 bits per heavy atom. The van der Waals surface area contributed by atoms with E-state index in [4.69, 9.17) is 10.5 Å². The number of alkyl carbamates (subject to hydrolysis) is 1. The number of amides is 1. The van der Waals surface area contributed by atoms with Gasteiger partial charge in [-0.2, -0.15) is 5.10 Å². The van der Waals surface area contributed by atoms with Crippen LogP contribution in [0, 0.1) is 0 Å². The van der Waals surface area contributed by atoms with Crippen LogP contribution in [0.4, 0.5) is 4.79 Å². The molecule has 0 saturated heterocycles. The number of nitrogens with zero attached hydrogens (tertiary/aromatic N) is 2. The monoisotopic (exact) mass is 254 g/mol. The standard InChI is InChI=1S/C12H22N4O2/c1-12(2,3)18-11(17)15-10(6-13)5-9-7-14-16(4)8-9/h7-8,10H,5-6,13H2,1-4H3,(H,15,17). The molecule has 0 aliphatic carbocycles. The molecule has 0 radical (unpaired) electrons. The Morgan fingerprint density at radius 1 is 1.61 bits per heavy atom. The van der Waals surface area contributed by atoms with Crippen LogP contribution in [0.1, 0.15) is 26.3 Å². The van der Waals surface area contributed by atoms with Crippen molar-refractivity contribution in [2.75, 3.05) is 6.54 Å². The first kappa shape index (κ1) is 14.5. The lowest BCUT2D eigenvalue weighted by Gasteiger charge is -2.22. The number of rotatable bonds is 4.